The molecule has 0 saturated carbocycles. The van der Waals surface area contributed by atoms with E-state index in [0.717, 1.165) is 16.5 Å². The van der Waals surface area contributed by atoms with Crippen LogP contribution in [0.25, 0.3) is 10.9 Å². The van der Waals surface area contributed by atoms with Crippen molar-refractivity contribution in [2.24, 2.45) is 0 Å². The van der Waals surface area contributed by atoms with Gasteiger partial charge in [-0.25, -0.2) is 0 Å². The summed E-state index contributed by atoms with van der Waals surface area (Å²) in [6, 6.07) is 7.62. The fraction of sp³-hybridized carbons (Fsp3) is 0.474. The van der Waals surface area contributed by atoms with E-state index in [1.54, 1.807) is 6.92 Å². The van der Waals surface area contributed by atoms with Crippen LogP contribution in [0.4, 0.5) is 0 Å². The third-order valence-corrected chi connectivity index (χ3v) is 4.64. The van der Waals surface area contributed by atoms with Crippen LogP contribution in [0.3, 0.4) is 0 Å². The van der Waals surface area contributed by atoms with Gasteiger partial charge in [-0.05, 0) is 56.8 Å². The molecule has 24 heavy (non-hydrogen) atoms. The van der Waals surface area contributed by atoms with Crippen molar-refractivity contribution in [3.8, 4) is 0 Å². The fourth-order valence-corrected chi connectivity index (χ4v) is 3.17. The Labute approximate surface area is 141 Å². The Morgan fingerprint density at radius 1 is 1.38 bits per heavy atom. The molecule has 2 aromatic rings. The zero-order valence-electron chi connectivity index (χ0n) is 14.7. The number of morpholine rings is 1. The van der Waals surface area contributed by atoms with Crippen molar-refractivity contribution in [2.75, 3.05) is 13.2 Å². The van der Waals surface area contributed by atoms with Crippen molar-refractivity contribution in [1.29, 1.82) is 0 Å². The summed E-state index contributed by atoms with van der Waals surface area (Å²) in [6.07, 6.45) is 0.413. The summed E-state index contributed by atoms with van der Waals surface area (Å²) in [5.41, 5.74) is 2.06. The van der Waals surface area contributed by atoms with Crippen molar-refractivity contribution < 1.29 is 9.53 Å². The first-order valence-electron chi connectivity index (χ1n) is 8.31. The molecular formula is C19H24N2O3. The first-order valence-corrected chi connectivity index (χ1v) is 8.31. The number of amides is 1. The molecular weight excluding hydrogens is 304 g/mol. The molecule has 0 spiro atoms. The lowest BCUT2D eigenvalue weighted by molar-refractivity contribution is -0.152. The van der Waals surface area contributed by atoms with E-state index in [0.29, 0.717) is 25.1 Å². The molecule has 0 bridgehead atoms. The molecule has 1 aliphatic rings. The van der Waals surface area contributed by atoms with Crippen LogP contribution in [-0.4, -0.2) is 40.6 Å². The second-order valence-electron chi connectivity index (χ2n) is 7.32. The number of hydrogen-bond acceptors (Lipinski definition) is 3. The summed E-state index contributed by atoms with van der Waals surface area (Å²) in [5, 5.41) is 0.951. The summed E-state index contributed by atoms with van der Waals surface area (Å²) in [4.78, 5) is 29.2. The summed E-state index contributed by atoms with van der Waals surface area (Å²) in [6.45, 7) is 9.01. The van der Waals surface area contributed by atoms with Crippen molar-refractivity contribution in [3.05, 3.63) is 45.7 Å². The number of carbonyl (C=O) groups excluding carboxylic acids is 1. The number of aromatic amines is 1. The molecule has 1 unspecified atom stereocenters. The number of aromatic nitrogens is 1. The van der Waals surface area contributed by atoms with Crippen LogP contribution in [0, 0.1) is 6.92 Å². The molecule has 1 saturated heterocycles. The molecule has 1 atom stereocenters. The summed E-state index contributed by atoms with van der Waals surface area (Å²) in [7, 11) is 0. The van der Waals surface area contributed by atoms with E-state index in [1.165, 1.54) is 0 Å². The number of aryl methyl sites for hydroxylation is 1. The number of ether oxygens (including phenoxy) is 1. The van der Waals surface area contributed by atoms with Gasteiger partial charge >= 0.3 is 0 Å². The Morgan fingerprint density at radius 3 is 2.88 bits per heavy atom. The first kappa shape index (κ1) is 16.7. The molecule has 1 amide bonds. The van der Waals surface area contributed by atoms with Crippen molar-refractivity contribution in [3.63, 3.8) is 0 Å². The molecule has 1 fully saturated rings. The Balaban J connectivity index is 1.85. The number of pyridine rings is 1. The minimum atomic E-state index is -0.289. The number of hydrogen-bond donors (Lipinski definition) is 1. The Morgan fingerprint density at radius 2 is 2.12 bits per heavy atom. The number of rotatable bonds is 2. The Kier molecular flexibility index (Phi) is 4.22. The van der Waals surface area contributed by atoms with E-state index in [-0.39, 0.29) is 23.1 Å². The average Bonchev–Trinajstić information content (AvgIpc) is 2.51. The molecule has 1 aliphatic heterocycles. The maximum absolute atomic E-state index is 12.8. The van der Waals surface area contributed by atoms with Gasteiger partial charge in [0.05, 0.1) is 24.7 Å². The Bertz CT molecular complexity index is 838. The van der Waals surface area contributed by atoms with Crippen LogP contribution < -0.4 is 5.56 Å². The van der Waals surface area contributed by atoms with Gasteiger partial charge in [0, 0.05) is 17.6 Å². The molecule has 1 aromatic carbocycles. The van der Waals surface area contributed by atoms with Gasteiger partial charge in [-0.3, -0.25) is 9.59 Å². The molecule has 1 N–H and O–H groups in total. The number of carbonyl (C=O) groups is 1. The van der Waals surface area contributed by atoms with Crippen molar-refractivity contribution in [1.82, 2.24) is 9.88 Å². The third kappa shape index (κ3) is 3.22. The molecule has 5 heteroatoms. The van der Waals surface area contributed by atoms with Crippen LogP contribution >= 0.6 is 0 Å². The molecule has 5 nitrogen and oxygen atoms in total. The molecule has 128 valence electrons. The largest absolute Gasteiger partial charge is 0.374 e. The average molecular weight is 328 g/mol. The maximum Gasteiger partial charge on any atom is 0.251 e. The Hall–Kier alpha value is -2.14. The van der Waals surface area contributed by atoms with Gasteiger partial charge in [0.25, 0.3) is 5.56 Å². The predicted molar refractivity (Wildman–Crippen MR) is 94.2 cm³/mol. The number of fused-ring (bicyclic) bond motifs is 1. The van der Waals surface area contributed by atoms with Crippen LogP contribution in [0.1, 0.15) is 31.9 Å². The highest BCUT2D eigenvalue weighted by Crippen LogP contribution is 2.23. The lowest BCUT2D eigenvalue weighted by Crippen LogP contribution is -2.58. The lowest BCUT2D eigenvalue weighted by Gasteiger charge is -2.44. The van der Waals surface area contributed by atoms with Gasteiger partial charge in [0.1, 0.15) is 0 Å². The van der Waals surface area contributed by atoms with Crippen LogP contribution in [0.2, 0.25) is 0 Å². The van der Waals surface area contributed by atoms with E-state index < -0.39 is 0 Å². The third-order valence-electron chi connectivity index (χ3n) is 4.64. The second kappa shape index (κ2) is 6.06. The monoisotopic (exact) mass is 328 g/mol. The van der Waals surface area contributed by atoms with Crippen LogP contribution in [0.15, 0.2) is 29.1 Å². The number of nitrogens with zero attached hydrogens (tertiary/aromatic N) is 1. The molecule has 1 aromatic heterocycles. The standard InChI is InChI=1S/C19H24N2O3/c1-12-7-15-8-14(5-6-16(15)20-18(12)23)9-17(22)21-10-13(2)24-11-19(21,3)4/h5-8,13H,9-11H2,1-4H3,(H,20,23). The lowest BCUT2D eigenvalue weighted by atomic mass is 9.99. The van der Waals surface area contributed by atoms with Gasteiger partial charge in [-0.1, -0.05) is 6.07 Å². The number of benzene rings is 1. The minimum absolute atomic E-state index is 0.0614. The van der Waals surface area contributed by atoms with E-state index in [4.69, 9.17) is 4.74 Å². The number of H-pyrrole nitrogens is 1. The predicted octanol–water partition coefficient (Wildman–Crippen LogP) is 2.40. The van der Waals surface area contributed by atoms with Gasteiger partial charge in [-0.2, -0.15) is 0 Å². The van der Waals surface area contributed by atoms with Gasteiger partial charge in [-0.15, -0.1) is 0 Å². The molecule has 2 heterocycles. The fourth-order valence-electron chi connectivity index (χ4n) is 3.17. The van der Waals surface area contributed by atoms with Crippen molar-refractivity contribution in [2.45, 2.75) is 45.8 Å². The quantitative estimate of drug-likeness (QED) is 0.921. The summed E-state index contributed by atoms with van der Waals surface area (Å²) >= 11 is 0. The molecule has 3 rings (SSSR count). The minimum Gasteiger partial charge on any atom is -0.374 e. The smallest absolute Gasteiger partial charge is 0.251 e. The van der Waals surface area contributed by atoms with E-state index >= 15 is 0 Å². The van der Waals surface area contributed by atoms with E-state index in [2.05, 4.69) is 4.98 Å². The normalized spacial score (nSPS) is 20.3. The molecule has 0 aliphatic carbocycles. The highest BCUT2D eigenvalue weighted by molar-refractivity contribution is 5.84. The van der Waals surface area contributed by atoms with Crippen LogP contribution in [0.5, 0.6) is 0 Å². The summed E-state index contributed by atoms with van der Waals surface area (Å²) < 4.78 is 5.68. The van der Waals surface area contributed by atoms with E-state index in [9.17, 15) is 9.59 Å². The van der Waals surface area contributed by atoms with Gasteiger partial charge in [0.15, 0.2) is 0 Å². The zero-order valence-corrected chi connectivity index (χ0v) is 14.7. The maximum atomic E-state index is 12.8. The topological polar surface area (TPSA) is 62.4 Å². The van der Waals surface area contributed by atoms with Gasteiger partial charge in [0.2, 0.25) is 5.91 Å². The highest BCUT2D eigenvalue weighted by Gasteiger charge is 2.36. The SMILES string of the molecule is Cc1cc2cc(CC(=O)N3CC(C)OCC3(C)C)ccc2[nH]c1=O. The highest BCUT2D eigenvalue weighted by atomic mass is 16.5. The zero-order chi connectivity index (χ0) is 17.5. The van der Waals surface area contributed by atoms with Gasteiger partial charge < -0.3 is 14.6 Å². The van der Waals surface area contributed by atoms with Crippen molar-refractivity contribution >= 4 is 16.8 Å². The second-order valence-corrected chi connectivity index (χ2v) is 7.32. The number of nitrogens with one attached hydrogen (secondary N) is 1. The van der Waals surface area contributed by atoms with E-state index in [1.807, 2.05) is 49.9 Å². The molecule has 0 radical (unpaired) electrons. The van der Waals surface area contributed by atoms with Crippen LogP contribution in [-0.2, 0) is 16.0 Å². The first-order chi connectivity index (χ1) is 11.3. The summed E-state index contributed by atoms with van der Waals surface area (Å²) in [5.74, 6) is 0.107.